The summed E-state index contributed by atoms with van der Waals surface area (Å²) in [4.78, 5) is 14.8. The highest BCUT2D eigenvalue weighted by atomic mass is 32.2. The summed E-state index contributed by atoms with van der Waals surface area (Å²) in [6.07, 6.45) is 1.27. The summed E-state index contributed by atoms with van der Waals surface area (Å²) < 4.78 is 0. The van der Waals surface area contributed by atoms with E-state index in [2.05, 4.69) is 10.3 Å². The molecule has 3 nitrogen and oxygen atoms in total. The van der Waals surface area contributed by atoms with Gasteiger partial charge in [0.15, 0.2) is 0 Å². The molecule has 0 amide bonds. The van der Waals surface area contributed by atoms with Crippen LogP contribution in [0.5, 0.6) is 0 Å². The monoisotopic (exact) mass is 260 g/mol. The van der Waals surface area contributed by atoms with Gasteiger partial charge in [0, 0.05) is 11.9 Å². The lowest BCUT2D eigenvalue weighted by Gasteiger charge is -2.11. The second-order valence-electron chi connectivity index (χ2n) is 4.71. The molecule has 0 aliphatic carbocycles. The zero-order valence-electron chi connectivity index (χ0n) is 10.1. The van der Waals surface area contributed by atoms with Crippen LogP contribution in [0.1, 0.15) is 6.42 Å². The van der Waals surface area contributed by atoms with E-state index in [-0.39, 0.29) is 5.56 Å². The molecule has 0 spiro atoms. The number of H-pyrrole nitrogens is 1. The van der Waals surface area contributed by atoms with Gasteiger partial charge < -0.3 is 10.3 Å². The molecule has 3 rings (SSSR count). The standard InChI is InChI=1S/C14H16N2OS/c17-14-12-4-2-1-3-11(12)7-13(16-14)15-8-10-5-6-18-9-10/h1-4,7,10H,5-6,8-9H2,(H2,15,16,17). The number of thioether (sulfide) groups is 1. The molecular weight excluding hydrogens is 244 g/mol. The Hall–Kier alpha value is -1.42. The number of nitrogens with one attached hydrogen (secondary N) is 2. The molecule has 1 aromatic heterocycles. The number of anilines is 1. The molecule has 2 heterocycles. The molecule has 2 N–H and O–H groups in total. The van der Waals surface area contributed by atoms with Crippen molar-refractivity contribution in [3.05, 3.63) is 40.7 Å². The lowest BCUT2D eigenvalue weighted by molar-refractivity contribution is 0.630. The van der Waals surface area contributed by atoms with Crippen LogP contribution in [0, 0.1) is 5.92 Å². The van der Waals surface area contributed by atoms with Crippen molar-refractivity contribution >= 4 is 28.4 Å². The molecule has 94 valence electrons. The largest absolute Gasteiger partial charge is 0.371 e. The minimum absolute atomic E-state index is 0.0172. The van der Waals surface area contributed by atoms with Crippen LogP contribution in [-0.2, 0) is 0 Å². The smallest absolute Gasteiger partial charge is 0.257 e. The molecule has 4 heteroatoms. The van der Waals surface area contributed by atoms with Crippen molar-refractivity contribution in [2.45, 2.75) is 6.42 Å². The average molecular weight is 260 g/mol. The molecular formula is C14H16N2OS. The summed E-state index contributed by atoms with van der Waals surface area (Å²) in [6.45, 7) is 0.946. The van der Waals surface area contributed by atoms with Gasteiger partial charge in [0.2, 0.25) is 0 Å². The number of benzene rings is 1. The third-order valence-corrected chi connectivity index (χ3v) is 4.59. The van der Waals surface area contributed by atoms with Gasteiger partial charge in [-0.25, -0.2) is 0 Å². The third-order valence-electron chi connectivity index (χ3n) is 3.36. The number of fused-ring (bicyclic) bond motifs is 1. The Morgan fingerprint density at radius 1 is 1.39 bits per heavy atom. The van der Waals surface area contributed by atoms with Crippen molar-refractivity contribution in [2.75, 3.05) is 23.4 Å². The summed E-state index contributed by atoms with van der Waals surface area (Å²) in [6, 6.07) is 9.69. The van der Waals surface area contributed by atoms with Crippen LogP contribution in [0.15, 0.2) is 35.1 Å². The van der Waals surface area contributed by atoms with E-state index in [4.69, 9.17) is 0 Å². The first-order chi connectivity index (χ1) is 8.83. The predicted molar refractivity (Wildman–Crippen MR) is 78.5 cm³/mol. The Labute approximate surface area is 110 Å². The first kappa shape index (κ1) is 11.7. The van der Waals surface area contributed by atoms with Crippen LogP contribution in [0.2, 0.25) is 0 Å². The molecule has 2 aromatic rings. The molecule has 0 bridgehead atoms. The maximum atomic E-state index is 11.9. The second kappa shape index (κ2) is 5.06. The van der Waals surface area contributed by atoms with Crippen molar-refractivity contribution < 1.29 is 0 Å². The molecule has 0 saturated carbocycles. The maximum Gasteiger partial charge on any atom is 0.257 e. The van der Waals surface area contributed by atoms with E-state index >= 15 is 0 Å². The Bertz CT molecular complexity index is 602. The SMILES string of the molecule is O=c1[nH]c(NCC2CCSC2)cc2ccccc12. The molecule has 1 aliphatic rings. The number of hydrogen-bond donors (Lipinski definition) is 2. The number of pyridine rings is 1. The van der Waals surface area contributed by atoms with E-state index in [9.17, 15) is 4.79 Å². The molecule has 1 atom stereocenters. The molecule has 18 heavy (non-hydrogen) atoms. The van der Waals surface area contributed by atoms with Crippen LogP contribution >= 0.6 is 11.8 Å². The van der Waals surface area contributed by atoms with E-state index < -0.39 is 0 Å². The van der Waals surface area contributed by atoms with Gasteiger partial charge in [-0.1, -0.05) is 18.2 Å². The van der Waals surface area contributed by atoms with Gasteiger partial charge in [-0.3, -0.25) is 4.79 Å². The first-order valence-corrected chi connectivity index (χ1v) is 7.42. The molecule has 1 unspecified atom stereocenters. The van der Waals surface area contributed by atoms with Gasteiger partial charge in [-0.2, -0.15) is 11.8 Å². The number of hydrogen-bond acceptors (Lipinski definition) is 3. The van der Waals surface area contributed by atoms with Crippen LogP contribution in [0.3, 0.4) is 0 Å². The van der Waals surface area contributed by atoms with E-state index in [1.54, 1.807) is 0 Å². The molecule has 1 fully saturated rings. The molecule has 1 aliphatic heterocycles. The number of rotatable bonds is 3. The average Bonchev–Trinajstić information content (AvgIpc) is 2.90. The molecule has 1 saturated heterocycles. The van der Waals surface area contributed by atoms with Crippen LogP contribution in [0.25, 0.3) is 10.8 Å². The molecule has 1 aromatic carbocycles. The van der Waals surface area contributed by atoms with Crippen LogP contribution in [0.4, 0.5) is 5.82 Å². The fourth-order valence-corrected chi connectivity index (χ4v) is 3.59. The summed E-state index contributed by atoms with van der Waals surface area (Å²) >= 11 is 2.01. The van der Waals surface area contributed by atoms with Gasteiger partial charge >= 0.3 is 0 Å². The minimum Gasteiger partial charge on any atom is -0.371 e. The van der Waals surface area contributed by atoms with E-state index in [1.165, 1.54) is 17.9 Å². The van der Waals surface area contributed by atoms with Gasteiger partial charge in [-0.05, 0) is 41.4 Å². The zero-order valence-corrected chi connectivity index (χ0v) is 10.9. The Balaban J connectivity index is 1.81. The summed E-state index contributed by atoms with van der Waals surface area (Å²) in [7, 11) is 0. The van der Waals surface area contributed by atoms with Crippen LogP contribution in [-0.4, -0.2) is 23.0 Å². The summed E-state index contributed by atoms with van der Waals surface area (Å²) in [5.41, 5.74) is -0.0172. The first-order valence-electron chi connectivity index (χ1n) is 6.26. The maximum absolute atomic E-state index is 11.9. The summed E-state index contributed by atoms with van der Waals surface area (Å²) in [5, 5.41) is 5.09. The van der Waals surface area contributed by atoms with Gasteiger partial charge in [0.25, 0.3) is 5.56 Å². The minimum atomic E-state index is -0.0172. The Morgan fingerprint density at radius 3 is 3.11 bits per heavy atom. The summed E-state index contributed by atoms with van der Waals surface area (Å²) in [5.74, 6) is 4.05. The van der Waals surface area contributed by atoms with Crippen molar-refractivity contribution in [1.29, 1.82) is 0 Å². The highest BCUT2D eigenvalue weighted by molar-refractivity contribution is 7.99. The van der Waals surface area contributed by atoms with Gasteiger partial charge in [0.1, 0.15) is 5.82 Å². The Kier molecular flexibility index (Phi) is 3.28. The van der Waals surface area contributed by atoms with E-state index in [0.717, 1.165) is 29.1 Å². The molecule has 0 radical (unpaired) electrons. The lowest BCUT2D eigenvalue weighted by atomic mass is 10.1. The lowest BCUT2D eigenvalue weighted by Crippen LogP contribution is -2.17. The van der Waals surface area contributed by atoms with Crippen molar-refractivity contribution in [1.82, 2.24) is 4.98 Å². The normalized spacial score (nSPS) is 19.2. The fraction of sp³-hybridized carbons (Fsp3) is 0.357. The van der Waals surface area contributed by atoms with Gasteiger partial charge in [0.05, 0.1) is 0 Å². The fourth-order valence-electron chi connectivity index (χ4n) is 2.30. The van der Waals surface area contributed by atoms with Crippen molar-refractivity contribution in [3.8, 4) is 0 Å². The Morgan fingerprint density at radius 2 is 2.28 bits per heavy atom. The van der Waals surface area contributed by atoms with Gasteiger partial charge in [-0.15, -0.1) is 0 Å². The highest BCUT2D eigenvalue weighted by Crippen LogP contribution is 2.23. The van der Waals surface area contributed by atoms with Crippen molar-refractivity contribution in [2.24, 2.45) is 5.92 Å². The number of aromatic amines is 1. The quantitative estimate of drug-likeness (QED) is 0.892. The zero-order chi connectivity index (χ0) is 12.4. The van der Waals surface area contributed by atoms with Crippen LogP contribution < -0.4 is 10.9 Å². The second-order valence-corrected chi connectivity index (χ2v) is 5.86. The van der Waals surface area contributed by atoms with E-state index in [0.29, 0.717) is 0 Å². The van der Waals surface area contributed by atoms with E-state index in [1.807, 2.05) is 42.1 Å². The number of aromatic nitrogens is 1. The third kappa shape index (κ3) is 2.38. The van der Waals surface area contributed by atoms with Crippen molar-refractivity contribution in [3.63, 3.8) is 0 Å². The highest BCUT2D eigenvalue weighted by Gasteiger charge is 2.15. The predicted octanol–water partition coefficient (Wildman–Crippen LogP) is 2.69. The topological polar surface area (TPSA) is 44.9 Å².